The van der Waals surface area contributed by atoms with Gasteiger partial charge in [-0.15, -0.1) is 0 Å². The summed E-state index contributed by atoms with van der Waals surface area (Å²) < 4.78 is 139. The van der Waals surface area contributed by atoms with E-state index in [1.165, 1.54) is 93.4 Å². The molecule has 14 aromatic rings. The van der Waals surface area contributed by atoms with E-state index in [1.54, 1.807) is 67.6 Å². The van der Waals surface area contributed by atoms with Gasteiger partial charge in [0.2, 0.25) is 5.95 Å². The summed E-state index contributed by atoms with van der Waals surface area (Å²) in [6, 6.07) is 46.4. The number of sulfone groups is 3. The van der Waals surface area contributed by atoms with Crippen molar-refractivity contribution in [3.8, 4) is 22.3 Å². The molecule has 1 aliphatic heterocycles. The molecule has 0 spiro atoms. The van der Waals surface area contributed by atoms with E-state index in [2.05, 4.69) is 139 Å². The van der Waals surface area contributed by atoms with Crippen molar-refractivity contribution < 1.29 is 51.8 Å². The minimum absolute atomic E-state index is 0. The number of benzene rings is 7. The molecule has 43 heteroatoms. The Morgan fingerprint density at radius 3 is 1.12 bits per heavy atom. The Hall–Kier alpha value is -8.15. The molecule has 0 amide bonds. The summed E-state index contributed by atoms with van der Waals surface area (Å²) in [5.74, 6) is 0.444. The summed E-state index contributed by atoms with van der Waals surface area (Å²) in [6.45, 7) is 21.6. The highest BCUT2D eigenvalue weighted by Crippen LogP contribution is 2.41. The summed E-state index contributed by atoms with van der Waals surface area (Å²) >= 11 is 53.9. The van der Waals surface area contributed by atoms with E-state index in [9.17, 15) is 42.5 Å². The highest BCUT2D eigenvalue weighted by molar-refractivity contribution is 9.10. The quantitative estimate of drug-likeness (QED) is 0.0362. The van der Waals surface area contributed by atoms with Crippen molar-refractivity contribution in [1.82, 2.24) is 59.6 Å². The number of nitrogens with zero attached hydrogens (tertiary/aromatic N) is 12. The van der Waals surface area contributed by atoms with Gasteiger partial charge in [0.05, 0.1) is 128 Å². The molecular weight excluding hydrogens is 2300 g/mol. The van der Waals surface area contributed by atoms with Gasteiger partial charge in [0.15, 0.2) is 29.5 Å². The lowest BCUT2D eigenvalue weighted by atomic mass is 9.77. The Morgan fingerprint density at radius 2 is 0.765 bits per heavy atom. The van der Waals surface area contributed by atoms with E-state index in [1.807, 2.05) is 111 Å². The molecule has 8 heterocycles. The Kier molecular flexibility index (Phi) is 46.3. The van der Waals surface area contributed by atoms with E-state index < -0.39 is 69.0 Å². The second kappa shape index (κ2) is 54.8. The third kappa shape index (κ3) is 33.2. The van der Waals surface area contributed by atoms with Crippen LogP contribution in [0.25, 0.3) is 55.0 Å². The normalized spacial score (nSPS) is 15.7. The van der Waals surface area contributed by atoms with Crippen LogP contribution in [0.3, 0.4) is 0 Å². The van der Waals surface area contributed by atoms with Gasteiger partial charge >= 0.3 is 19.3 Å². The molecule has 5 N–H and O–H groups in total. The van der Waals surface area contributed by atoms with Crippen LogP contribution in [0, 0.1) is 39.9 Å². The number of pyridine rings is 4. The first-order valence-corrected chi connectivity index (χ1v) is 58.2. The number of nitrogen functional groups attached to an aromatic ring is 1. The zero-order valence-electron chi connectivity index (χ0n) is 82.7. The molecule has 0 atom stereocenters. The SMILES string of the molecule is C.C.C.CCc1cc(-c2ccc(CS(=O)(=O)c3cccc(Cl)c3Cl)nc2C)cc2cnc(F)nc12.CCc1cc(-c2ccc(CS(=O)(=O)c3cccc(Cl)c3Cl)nc2C)cc2cnc(NC3CCC(N(C)C)CC3)nc12.CCc1cc(B2OC(C)(C)C(C)(C)O2)cc2cnc(F)nc12.CN(C)C1CCC(N)CC1.Cc1nc(CS(=O)(=O)c2cccc(Cl)c2Cl)ccc1Br.Cc1nc(N)ccc1Br.O=S(=O)(Cl)c1cccc(Cl)c1Cl. The van der Waals surface area contributed by atoms with Gasteiger partial charge < -0.3 is 35.9 Å². The van der Waals surface area contributed by atoms with Gasteiger partial charge in [-0.1, -0.05) is 184 Å². The van der Waals surface area contributed by atoms with Gasteiger partial charge in [0.25, 0.3) is 9.05 Å². The molecule has 0 unspecified atom stereocenters. The molecule has 7 aromatic carbocycles. The predicted molar refractivity (Wildman–Crippen MR) is 615 cm³/mol. The molecule has 3 fully saturated rings. The zero-order chi connectivity index (χ0) is 107. The van der Waals surface area contributed by atoms with Gasteiger partial charge in [0.1, 0.15) is 10.7 Å². The average molecular weight is 2420 g/mol. The maximum absolute atomic E-state index is 13.5. The second-order valence-corrected chi connectivity index (χ2v) is 49.8. The van der Waals surface area contributed by atoms with Crippen LogP contribution in [0.5, 0.6) is 0 Å². The predicted octanol–water partition coefficient (Wildman–Crippen LogP) is 27.6. The number of rotatable bonds is 20. The lowest BCUT2D eigenvalue weighted by Crippen LogP contribution is -2.41. The first-order chi connectivity index (χ1) is 68.6. The molecule has 800 valence electrons. The molecule has 2 aliphatic carbocycles. The number of aromatic nitrogens is 10. The fourth-order valence-corrected chi connectivity index (χ4v) is 24.8. The number of aryl methyl sites for hydroxylation is 7. The van der Waals surface area contributed by atoms with Gasteiger partial charge in [-0.05, 0) is 329 Å². The summed E-state index contributed by atoms with van der Waals surface area (Å²) in [6.07, 6.45) is 15.2. The van der Waals surface area contributed by atoms with Gasteiger partial charge in [-0.3, -0.25) is 15.0 Å². The molecule has 2 saturated carbocycles. The van der Waals surface area contributed by atoms with Crippen molar-refractivity contribution in [2.75, 3.05) is 39.2 Å². The first-order valence-electron chi connectivity index (χ1n) is 46.4. The first kappa shape index (κ1) is 126. The number of nitrogens with one attached hydrogen (secondary N) is 1. The number of anilines is 2. The van der Waals surface area contributed by atoms with Crippen LogP contribution in [-0.4, -0.2) is 164 Å². The molecule has 149 heavy (non-hydrogen) atoms. The number of hydrogen-bond donors (Lipinski definition) is 3. The fraction of sp³-hybridized carbons (Fsp3) is 0.358. The van der Waals surface area contributed by atoms with Gasteiger partial charge in [-0.2, -0.15) is 8.78 Å². The molecule has 1 saturated heterocycles. The Bertz CT molecular complexity index is 7600. The largest absolute Gasteiger partial charge is 0.494 e. The van der Waals surface area contributed by atoms with Gasteiger partial charge in [-0.25, -0.2) is 68.6 Å². The van der Waals surface area contributed by atoms with Crippen LogP contribution in [0.4, 0.5) is 20.5 Å². The maximum Gasteiger partial charge on any atom is 0.494 e. The van der Waals surface area contributed by atoms with E-state index in [-0.39, 0.29) is 99.3 Å². The third-order valence-electron chi connectivity index (χ3n) is 25.1. The molecule has 25 nitrogen and oxygen atoms in total. The molecule has 3 aliphatic rings. The lowest BCUT2D eigenvalue weighted by molar-refractivity contribution is 0.00578. The van der Waals surface area contributed by atoms with Crippen LogP contribution < -0.4 is 22.2 Å². The topological polar surface area (TPSA) is 354 Å². The summed E-state index contributed by atoms with van der Waals surface area (Å²) in [7, 11) is -1.61. The van der Waals surface area contributed by atoms with Crippen molar-refractivity contribution in [2.45, 2.75) is 241 Å². The van der Waals surface area contributed by atoms with Crippen LogP contribution in [0.2, 0.25) is 40.2 Å². The molecule has 7 aromatic heterocycles. The second-order valence-electron chi connectivity index (χ2n) is 36.5. The Balaban J connectivity index is 0.000000224. The third-order valence-corrected chi connectivity index (χ3v) is 36.9. The van der Waals surface area contributed by atoms with E-state index in [0.717, 1.165) is 124 Å². The molecular formula is C106H123BBr2Cl9F2N15O10S4. The highest BCUT2D eigenvalue weighted by atomic mass is 79.9. The van der Waals surface area contributed by atoms with Crippen LogP contribution >= 0.6 is 135 Å². The standard InChI is InChI=1S/C31H35Cl2N5O2S.C23H18Cl2FN3O2S.C16H20BFN2O2.C13H10BrCl2NO2S.C8H18N2.C6H7BrN2.C6H3Cl3O2S.3CH4/c1-5-20-15-21(16-22-17-34-31(37-30(20)22)36-23-9-12-25(13-10-23)38(3)4)26-14-11-24(35-19(26)2)18-41(39,40)28-8-6-7-27(32)29(28)33;1-3-14-9-15(10-16-11-27-23(26)29-22(14)16)18-8-7-17(28-13(18)2)12-32(30,31)20-6-4-5-19(24)21(20)25;1-6-10-7-12(8-11-9-19-14(18)20-13(10)11)17-21-15(2,3)16(4,5)22-17;1-8-10(14)6-5-9(17-8)7-20(18,19)12-4-2-3-11(15)13(12)16;1-10(2)8-5-3-7(9)4-6-8;1-4-5(7)2-3-6(8)9-4;7-4-2-1-3-5(6(4)8)12(9,10)11;;;/h6-8,11,14-17,23,25H,5,9-10,12-13,18H2,1-4H3,(H,34,36,37);4-11H,3,12H2,1-2H3;7-9H,6H2,1-5H3;2-6H,7H2,1H3;7-8H,3-6,9H2,1-2H3;2-3H,1H3,(H2,8,9);1-3H;3*1H4. The van der Waals surface area contributed by atoms with Crippen LogP contribution in [0.15, 0.2) is 205 Å². The summed E-state index contributed by atoms with van der Waals surface area (Å²) in [5.41, 5.74) is 24.5. The van der Waals surface area contributed by atoms with Crippen molar-refractivity contribution in [3.63, 3.8) is 0 Å². The van der Waals surface area contributed by atoms with Crippen molar-refractivity contribution >= 4 is 231 Å². The van der Waals surface area contributed by atoms with Crippen LogP contribution in [-0.2, 0) is 84.4 Å². The van der Waals surface area contributed by atoms with Crippen molar-refractivity contribution in [2.24, 2.45) is 5.73 Å². The molecule has 17 rings (SSSR count). The minimum Gasteiger partial charge on any atom is -0.399 e. The number of fused-ring (bicyclic) bond motifs is 3. The zero-order valence-corrected chi connectivity index (χ0v) is 95.9. The van der Waals surface area contributed by atoms with Crippen molar-refractivity contribution in [3.05, 3.63) is 294 Å². The van der Waals surface area contributed by atoms with E-state index >= 15 is 0 Å². The van der Waals surface area contributed by atoms with E-state index in [0.29, 0.717) is 70.1 Å². The van der Waals surface area contributed by atoms with Crippen LogP contribution in [0.1, 0.15) is 179 Å². The number of halogens is 13. The average Bonchev–Trinajstić information content (AvgIpc) is 1.26. The minimum atomic E-state index is -3.80. The summed E-state index contributed by atoms with van der Waals surface area (Å²) in [5, 5.41) is 6.84. The summed E-state index contributed by atoms with van der Waals surface area (Å²) in [4.78, 5) is 46.6. The maximum atomic E-state index is 13.5. The number of hydrogen-bond acceptors (Lipinski definition) is 25. The Labute approximate surface area is 936 Å². The van der Waals surface area contributed by atoms with Gasteiger partial charge in [0, 0.05) is 101 Å². The molecule has 0 radical (unpaired) electrons. The number of nitrogens with two attached hydrogens (primary N) is 2. The molecule has 0 bridgehead atoms. The highest BCUT2D eigenvalue weighted by Gasteiger charge is 2.52. The fourth-order valence-electron chi connectivity index (χ4n) is 16.4. The Morgan fingerprint density at radius 1 is 0.430 bits per heavy atom. The van der Waals surface area contributed by atoms with Crippen molar-refractivity contribution in [1.29, 1.82) is 0 Å². The smallest absolute Gasteiger partial charge is 0.399 e. The monoisotopic (exact) mass is 2420 g/mol. The lowest BCUT2D eigenvalue weighted by Gasteiger charge is -2.33. The van der Waals surface area contributed by atoms with E-state index in [4.69, 9.17) is 129 Å².